The first-order valence-corrected chi connectivity index (χ1v) is 6.81. The summed E-state index contributed by atoms with van der Waals surface area (Å²) in [7, 11) is 0. The molecular weight excluding hydrogens is 307 g/mol. The lowest BCUT2D eigenvalue weighted by Crippen LogP contribution is -2.22. The van der Waals surface area contributed by atoms with E-state index in [1.807, 2.05) is 38.2 Å². The van der Waals surface area contributed by atoms with Crippen LogP contribution >= 0.6 is 34.8 Å². The molecule has 0 radical (unpaired) electrons. The Morgan fingerprint density at radius 1 is 1.11 bits per heavy atom. The van der Waals surface area contributed by atoms with Gasteiger partial charge in [0.1, 0.15) is 0 Å². The zero-order valence-electron chi connectivity index (χ0n) is 10.4. The second-order valence-corrected chi connectivity index (χ2v) is 7.10. The molecule has 102 valence electrons. The molecule has 0 fully saturated rings. The summed E-state index contributed by atoms with van der Waals surface area (Å²) in [6, 6.07) is 7.36. The van der Waals surface area contributed by atoms with Gasteiger partial charge in [0.15, 0.2) is 0 Å². The van der Waals surface area contributed by atoms with E-state index in [0.29, 0.717) is 0 Å². The molecule has 0 aliphatic carbocycles. The summed E-state index contributed by atoms with van der Waals surface area (Å²) in [6.45, 7) is 4.07. The minimum absolute atomic E-state index is 0.287. The number of ketones is 1. The van der Waals surface area contributed by atoms with Crippen LogP contribution in [0.25, 0.3) is 0 Å². The van der Waals surface area contributed by atoms with E-state index < -0.39 is 9.58 Å². The number of aromatic nitrogens is 2. The van der Waals surface area contributed by atoms with Crippen molar-refractivity contribution in [1.29, 1.82) is 0 Å². The van der Waals surface area contributed by atoms with Crippen molar-refractivity contribution in [2.45, 2.75) is 23.1 Å². The molecule has 0 bridgehead atoms. The van der Waals surface area contributed by atoms with Gasteiger partial charge in [-0.15, -0.1) is 0 Å². The first kappa shape index (κ1) is 14.5. The molecule has 2 heterocycles. The van der Waals surface area contributed by atoms with Gasteiger partial charge in [-0.2, -0.15) is 0 Å². The van der Waals surface area contributed by atoms with Gasteiger partial charge in [0.25, 0.3) is 3.79 Å². The Hall–Kier alpha value is -0.900. The third kappa shape index (κ3) is 2.83. The van der Waals surface area contributed by atoms with Crippen molar-refractivity contribution in [2.24, 2.45) is 0 Å². The van der Waals surface area contributed by atoms with Crippen molar-refractivity contribution in [3.05, 3.63) is 47.5 Å². The molecule has 2 aromatic heterocycles. The highest BCUT2D eigenvalue weighted by atomic mass is 35.6. The maximum absolute atomic E-state index is 11.9. The smallest absolute Gasteiger partial charge is 0.254 e. The number of carbonyl (C=O) groups excluding carboxylic acids is 1. The molecule has 2 N–H and O–H groups in total. The lowest BCUT2D eigenvalue weighted by molar-refractivity contribution is 0.0992. The lowest BCUT2D eigenvalue weighted by atomic mass is 9.86. The van der Waals surface area contributed by atoms with Gasteiger partial charge >= 0.3 is 0 Å². The molecule has 0 saturated carbocycles. The molecule has 0 atom stereocenters. The topological polar surface area (TPSA) is 48.6 Å². The van der Waals surface area contributed by atoms with Gasteiger partial charge in [-0.25, -0.2) is 0 Å². The van der Waals surface area contributed by atoms with Crippen molar-refractivity contribution in [2.75, 3.05) is 0 Å². The van der Waals surface area contributed by atoms with Crippen LogP contribution in [-0.4, -0.2) is 19.5 Å². The Morgan fingerprint density at radius 2 is 1.79 bits per heavy atom. The molecule has 0 spiro atoms. The van der Waals surface area contributed by atoms with Crippen molar-refractivity contribution in [1.82, 2.24) is 9.97 Å². The number of aromatic amines is 2. The van der Waals surface area contributed by atoms with Gasteiger partial charge in [0, 0.05) is 23.0 Å². The number of halogens is 3. The number of hydrogen-bond donors (Lipinski definition) is 2. The predicted molar refractivity (Wildman–Crippen MR) is 78.3 cm³/mol. The molecule has 3 nitrogen and oxygen atoms in total. The van der Waals surface area contributed by atoms with Crippen molar-refractivity contribution < 1.29 is 4.79 Å². The normalized spacial score (nSPS) is 12.7. The van der Waals surface area contributed by atoms with Gasteiger partial charge in [-0.3, -0.25) is 4.79 Å². The van der Waals surface area contributed by atoms with E-state index in [0.717, 1.165) is 11.4 Å². The third-order valence-electron chi connectivity index (χ3n) is 3.13. The van der Waals surface area contributed by atoms with Gasteiger partial charge in [0.05, 0.1) is 5.69 Å². The minimum Gasteiger partial charge on any atom is -0.364 e. The molecule has 2 aromatic rings. The summed E-state index contributed by atoms with van der Waals surface area (Å²) < 4.78 is -1.95. The zero-order valence-corrected chi connectivity index (χ0v) is 12.7. The second kappa shape index (κ2) is 4.89. The molecule has 0 saturated heterocycles. The Labute approximate surface area is 126 Å². The standard InChI is InChI=1S/C13H13Cl3N2O/c1-12(2,9-4-3-7-17-9)10-6-5-8(18-10)11(19)13(14,15)16/h3-7,17-18H,1-2H3. The second-order valence-electron chi connectivity index (χ2n) is 4.82. The Morgan fingerprint density at radius 3 is 2.32 bits per heavy atom. The van der Waals surface area contributed by atoms with Gasteiger partial charge in [0.2, 0.25) is 5.78 Å². The number of rotatable bonds is 3. The molecule has 0 aliphatic rings. The first-order valence-electron chi connectivity index (χ1n) is 5.68. The highest BCUT2D eigenvalue weighted by molar-refractivity contribution is 6.77. The maximum atomic E-state index is 11.9. The summed E-state index contributed by atoms with van der Waals surface area (Å²) in [5.74, 6) is -0.564. The Kier molecular flexibility index (Phi) is 3.74. The van der Waals surface area contributed by atoms with Gasteiger partial charge in [-0.05, 0) is 38.1 Å². The Balaban J connectivity index is 2.34. The maximum Gasteiger partial charge on any atom is 0.254 e. The van der Waals surface area contributed by atoms with Crippen LogP contribution in [0.3, 0.4) is 0 Å². The van der Waals surface area contributed by atoms with Crippen LogP contribution in [0.15, 0.2) is 30.5 Å². The minimum atomic E-state index is -1.95. The largest absolute Gasteiger partial charge is 0.364 e. The van der Waals surface area contributed by atoms with E-state index in [1.165, 1.54) is 0 Å². The van der Waals surface area contributed by atoms with Crippen molar-refractivity contribution >= 4 is 40.6 Å². The molecule has 0 aromatic carbocycles. The fraction of sp³-hybridized carbons (Fsp3) is 0.308. The van der Waals surface area contributed by atoms with E-state index in [1.54, 1.807) is 6.07 Å². The van der Waals surface area contributed by atoms with Crippen molar-refractivity contribution in [3.8, 4) is 0 Å². The molecule has 0 amide bonds. The van der Waals surface area contributed by atoms with Crippen LogP contribution in [0.5, 0.6) is 0 Å². The highest BCUT2D eigenvalue weighted by Crippen LogP contribution is 2.33. The molecule has 6 heteroatoms. The summed E-state index contributed by atoms with van der Waals surface area (Å²) >= 11 is 16.8. The van der Waals surface area contributed by atoms with Crippen LogP contribution < -0.4 is 0 Å². The van der Waals surface area contributed by atoms with Gasteiger partial charge < -0.3 is 9.97 Å². The average molecular weight is 320 g/mol. The van der Waals surface area contributed by atoms with Crippen LogP contribution in [0.4, 0.5) is 0 Å². The zero-order chi connectivity index (χ0) is 14.3. The van der Waals surface area contributed by atoms with Crippen LogP contribution in [0.2, 0.25) is 0 Å². The predicted octanol–water partition coefficient (Wildman–Crippen LogP) is 4.22. The van der Waals surface area contributed by atoms with Crippen LogP contribution in [0.1, 0.15) is 35.7 Å². The monoisotopic (exact) mass is 318 g/mol. The van der Waals surface area contributed by atoms with E-state index in [9.17, 15) is 4.79 Å². The number of alkyl halides is 3. The van der Waals surface area contributed by atoms with Crippen LogP contribution in [0, 0.1) is 0 Å². The highest BCUT2D eigenvalue weighted by Gasteiger charge is 2.34. The Bertz CT molecular complexity index is 579. The first-order chi connectivity index (χ1) is 8.73. The number of nitrogens with one attached hydrogen (secondary N) is 2. The summed E-state index contributed by atoms with van der Waals surface area (Å²) in [5, 5.41) is 0. The van der Waals surface area contributed by atoms with Crippen LogP contribution in [-0.2, 0) is 5.41 Å². The summed E-state index contributed by atoms with van der Waals surface area (Å²) in [4.78, 5) is 18.0. The lowest BCUT2D eigenvalue weighted by Gasteiger charge is -2.22. The quantitative estimate of drug-likeness (QED) is 0.646. The SMILES string of the molecule is CC(C)(c1ccc[nH]1)c1ccc(C(=O)C(Cl)(Cl)Cl)[nH]1. The molecule has 19 heavy (non-hydrogen) atoms. The fourth-order valence-corrected chi connectivity index (χ4v) is 2.21. The third-order valence-corrected chi connectivity index (χ3v) is 3.65. The molecule has 0 aliphatic heterocycles. The van der Waals surface area contributed by atoms with E-state index in [4.69, 9.17) is 34.8 Å². The molecule has 0 unspecified atom stereocenters. The van der Waals surface area contributed by atoms with E-state index >= 15 is 0 Å². The number of H-pyrrole nitrogens is 2. The van der Waals surface area contributed by atoms with E-state index in [-0.39, 0.29) is 11.1 Å². The molecular formula is C13H13Cl3N2O. The number of hydrogen-bond acceptors (Lipinski definition) is 1. The summed E-state index contributed by atoms with van der Waals surface area (Å²) in [6.07, 6.45) is 1.85. The summed E-state index contributed by atoms with van der Waals surface area (Å²) in [5.41, 5.74) is 1.89. The van der Waals surface area contributed by atoms with Crippen molar-refractivity contribution in [3.63, 3.8) is 0 Å². The molecule has 2 rings (SSSR count). The fourth-order valence-electron chi connectivity index (χ4n) is 1.91. The number of carbonyl (C=O) groups is 1. The average Bonchev–Trinajstić information content (AvgIpc) is 2.98. The van der Waals surface area contributed by atoms with Gasteiger partial charge in [-0.1, -0.05) is 34.8 Å². The number of Topliss-reactive ketones (excluding diaryl/α,β-unsaturated/α-hetero) is 1. The van der Waals surface area contributed by atoms with E-state index in [2.05, 4.69) is 9.97 Å².